The predicted octanol–water partition coefficient (Wildman–Crippen LogP) is -4.16. The van der Waals surface area contributed by atoms with Gasteiger partial charge in [-0.3, -0.25) is 0 Å². The minimum atomic E-state index is -1.53. The molecule has 2 aliphatic heterocycles. The summed E-state index contributed by atoms with van der Waals surface area (Å²) in [5.74, 6) is 0. The van der Waals surface area contributed by atoms with E-state index < -0.39 is 74.6 Å². The zero-order chi connectivity index (χ0) is 19.4. The molecule has 2 heterocycles. The van der Waals surface area contributed by atoms with Crippen molar-refractivity contribution in [1.82, 2.24) is 0 Å². The Hall–Kier alpha value is -0.480. The van der Waals surface area contributed by atoms with Crippen LogP contribution in [0.25, 0.3) is 0 Å². The molecule has 6 N–H and O–H groups in total. The maximum absolute atomic E-state index is 10.1. The molecule has 0 aromatic heterocycles. The smallest absolute Gasteiger partial charge is 0.186 e. The van der Waals surface area contributed by atoms with Gasteiger partial charge < -0.3 is 49.6 Å². The highest BCUT2D eigenvalue weighted by Gasteiger charge is 2.47. The van der Waals surface area contributed by atoms with E-state index in [0.29, 0.717) is 0 Å². The summed E-state index contributed by atoms with van der Waals surface area (Å²) in [5, 5.41) is 58.7. The van der Waals surface area contributed by atoms with E-state index in [9.17, 15) is 30.6 Å². The van der Waals surface area contributed by atoms with E-state index in [4.69, 9.17) is 28.7 Å². The summed E-state index contributed by atoms with van der Waals surface area (Å²) in [7, 11) is 2.52. The normalized spacial score (nSPS) is 47.1. The van der Waals surface area contributed by atoms with Gasteiger partial charge in [0.15, 0.2) is 12.6 Å². The van der Waals surface area contributed by atoms with Crippen LogP contribution >= 0.6 is 0 Å². The molecular weight excluding hydrogens is 360 g/mol. The van der Waals surface area contributed by atoms with Crippen LogP contribution in [0.2, 0.25) is 0 Å². The van der Waals surface area contributed by atoms with Crippen LogP contribution in [0.5, 0.6) is 0 Å². The van der Waals surface area contributed by atoms with Gasteiger partial charge in [-0.05, 0) is 0 Å². The fourth-order valence-corrected chi connectivity index (χ4v) is 2.80. The van der Waals surface area contributed by atoms with Crippen LogP contribution in [0.4, 0.5) is 0 Å². The molecule has 0 aliphatic carbocycles. The first-order valence-electron chi connectivity index (χ1n) is 8.01. The van der Waals surface area contributed by atoms with E-state index in [1.165, 1.54) is 14.2 Å². The summed E-state index contributed by atoms with van der Waals surface area (Å²) in [4.78, 5) is 9.96. The minimum Gasteiger partial charge on any atom is -0.394 e. The predicted molar refractivity (Wildman–Crippen MR) is 79.3 cm³/mol. The fourth-order valence-electron chi connectivity index (χ4n) is 2.80. The van der Waals surface area contributed by atoms with Gasteiger partial charge in [0.05, 0.1) is 6.61 Å². The molecule has 2 rings (SSSR count). The highest BCUT2D eigenvalue weighted by Crippen LogP contribution is 2.25. The van der Waals surface area contributed by atoms with Crippen molar-refractivity contribution in [3.63, 3.8) is 0 Å². The lowest BCUT2D eigenvalue weighted by atomic mass is 9.99. The highest BCUT2D eigenvalue weighted by molar-refractivity contribution is 4.90. The molecule has 2 saturated heterocycles. The van der Waals surface area contributed by atoms with Crippen LogP contribution in [0, 0.1) is 0 Å². The standard InChI is InChI=1S/C14H26O12/c1-21-13-10(19)8(17)7(16)6(25-13)4-23-26-12-5(3-15)24-14(22-2)11(20)9(12)18/h5-20H,3-4H2,1-2H3. The molecule has 12 nitrogen and oxygen atoms in total. The molecule has 12 heteroatoms. The third-order valence-corrected chi connectivity index (χ3v) is 4.37. The Morgan fingerprint density at radius 3 is 1.81 bits per heavy atom. The summed E-state index contributed by atoms with van der Waals surface area (Å²) in [6.07, 6.45) is -13.1. The summed E-state index contributed by atoms with van der Waals surface area (Å²) in [6.45, 7) is -0.952. The summed E-state index contributed by atoms with van der Waals surface area (Å²) >= 11 is 0. The molecule has 0 amide bonds. The van der Waals surface area contributed by atoms with E-state index in [1.54, 1.807) is 0 Å². The minimum absolute atomic E-state index is 0.407. The monoisotopic (exact) mass is 386 g/mol. The van der Waals surface area contributed by atoms with Crippen molar-refractivity contribution in [3.05, 3.63) is 0 Å². The van der Waals surface area contributed by atoms with E-state index in [-0.39, 0.29) is 0 Å². The number of ether oxygens (including phenoxy) is 4. The largest absolute Gasteiger partial charge is 0.394 e. The molecular formula is C14H26O12. The molecule has 0 saturated carbocycles. The third-order valence-electron chi connectivity index (χ3n) is 4.37. The Bertz CT molecular complexity index is 421. The van der Waals surface area contributed by atoms with Gasteiger partial charge in [-0.15, -0.1) is 0 Å². The van der Waals surface area contributed by atoms with E-state index in [2.05, 4.69) is 0 Å². The van der Waals surface area contributed by atoms with Crippen molar-refractivity contribution in [2.24, 2.45) is 0 Å². The van der Waals surface area contributed by atoms with E-state index in [0.717, 1.165) is 0 Å². The lowest BCUT2D eigenvalue weighted by molar-refractivity contribution is -0.407. The van der Waals surface area contributed by atoms with Crippen molar-refractivity contribution in [1.29, 1.82) is 0 Å². The molecule has 0 aromatic rings. The molecule has 0 radical (unpaired) electrons. The second kappa shape index (κ2) is 9.64. The second-order valence-corrected chi connectivity index (χ2v) is 6.04. The molecule has 2 fully saturated rings. The van der Waals surface area contributed by atoms with Crippen LogP contribution in [-0.2, 0) is 28.7 Å². The molecule has 0 bridgehead atoms. The highest BCUT2D eigenvalue weighted by atomic mass is 17.2. The first-order valence-corrected chi connectivity index (χ1v) is 8.01. The number of rotatable bonds is 7. The second-order valence-electron chi connectivity index (χ2n) is 6.04. The van der Waals surface area contributed by atoms with Crippen LogP contribution in [-0.4, -0.2) is 119 Å². The van der Waals surface area contributed by atoms with Crippen molar-refractivity contribution in [2.45, 2.75) is 61.4 Å². The Kier molecular flexibility index (Phi) is 8.08. The lowest BCUT2D eigenvalue weighted by Gasteiger charge is -2.41. The van der Waals surface area contributed by atoms with Crippen molar-refractivity contribution < 1.29 is 59.4 Å². The summed E-state index contributed by atoms with van der Waals surface area (Å²) in [5.41, 5.74) is 0. The fraction of sp³-hybridized carbons (Fsp3) is 1.00. The average molecular weight is 386 g/mol. The van der Waals surface area contributed by atoms with Gasteiger partial charge in [-0.1, -0.05) is 0 Å². The quantitative estimate of drug-likeness (QED) is 0.184. The van der Waals surface area contributed by atoms with Crippen molar-refractivity contribution in [2.75, 3.05) is 27.4 Å². The molecule has 0 spiro atoms. The first-order chi connectivity index (χ1) is 12.3. The maximum Gasteiger partial charge on any atom is 0.186 e. The van der Waals surface area contributed by atoms with Crippen LogP contribution in [0.1, 0.15) is 0 Å². The SMILES string of the molecule is COC1OC(COOC2C(CO)OC(OC)C(O)C2O)C(O)C(O)C1O. The first kappa shape index (κ1) is 21.8. The van der Waals surface area contributed by atoms with Crippen molar-refractivity contribution >= 4 is 0 Å². The molecule has 26 heavy (non-hydrogen) atoms. The Balaban J connectivity index is 1.91. The summed E-state index contributed by atoms with van der Waals surface area (Å²) in [6, 6.07) is 0. The van der Waals surface area contributed by atoms with Gasteiger partial charge >= 0.3 is 0 Å². The number of hydrogen-bond donors (Lipinski definition) is 6. The summed E-state index contributed by atoms with van der Waals surface area (Å²) < 4.78 is 20.2. The molecule has 0 aromatic carbocycles. The molecule has 154 valence electrons. The zero-order valence-corrected chi connectivity index (χ0v) is 14.3. The van der Waals surface area contributed by atoms with Gasteiger partial charge in [0.25, 0.3) is 0 Å². The van der Waals surface area contributed by atoms with Gasteiger partial charge in [0, 0.05) is 14.2 Å². The maximum atomic E-state index is 10.1. The number of aliphatic hydroxyl groups is 6. The zero-order valence-electron chi connectivity index (χ0n) is 14.3. The Morgan fingerprint density at radius 2 is 1.27 bits per heavy atom. The average Bonchev–Trinajstić information content (AvgIpc) is 2.65. The van der Waals surface area contributed by atoms with E-state index in [1.807, 2.05) is 0 Å². The molecule has 10 atom stereocenters. The van der Waals surface area contributed by atoms with Gasteiger partial charge in [-0.25, -0.2) is 9.78 Å². The van der Waals surface area contributed by atoms with Crippen molar-refractivity contribution in [3.8, 4) is 0 Å². The van der Waals surface area contributed by atoms with Gasteiger partial charge in [0.1, 0.15) is 55.4 Å². The van der Waals surface area contributed by atoms with Crippen LogP contribution in [0.15, 0.2) is 0 Å². The van der Waals surface area contributed by atoms with Gasteiger partial charge in [0.2, 0.25) is 0 Å². The Labute approximate surface area is 149 Å². The topological polar surface area (TPSA) is 177 Å². The lowest BCUT2D eigenvalue weighted by Crippen LogP contribution is -2.60. The number of hydrogen-bond acceptors (Lipinski definition) is 12. The number of aliphatic hydroxyl groups excluding tert-OH is 6. The van der Waals surface area contributed by atoms with Crippen LogP contribution < -0.4 is 0 Å². The Morgan fingerprint density at radius 1 is 0.731 bits per heavy atom. The third kappa shape index (κ3) is 4.49. The molecule has 2 aliphatic rings. The van der Waals surface area contributed by atoms with Gasteiger partial charge in [-0.2, -0.15) is 0 Å². The molecule has 10 unspecified atom stereocenters. The number of methoxy groups -OCH3 is 2. The van der Waals surface area contributed by atoms with Crippen LogP contribution in [0.3, 0.4) is 0 Å². The van der Waals surface area contributed by atoms with E-state index >= 15 is 0 Å².